The Morgan fingerprint density at radius 1 is 1.21 bits per heavy atom. The molecule has 1 amide bonds. The molecule has 0 unspecified atom stereocenters. The number of fused-ring (bicyclic) bond motifs is 1. The number of thiazole rings is 1. The highest BCUT2D eigenvalue weighted by Crippen LogP contribution is 2.28. The number of aromatic carboxylic acids is 1. The van der Waals surface area contributed by atoms with Gasteiger partial charge in [-0.1, -0.05) is 43.7 Å². The van der Waals surface area contributed by atoms with E-state index in [4.69, 9.17) is 9.84 Å². The maximum atomic E-state index is 12.5. The number of carbonyl (C=O) groups is 2. The minimum Gasteiger partial charge on any atom is -0.493 e. The maximum Gasteiger partial charge on any atom is 0.347 e. The molecule has 0 aliphatic carbocycles. The van der Waals surface area contributed by atoms with Gasteiger partial charge in [-0.25, -0.2) is 9.78 Å². The van der Waals surface area contributed by atoms with Crippen molar-refractivity contribution in [3.63, 3.8) is 0 Å². The summed E-state index contributed by atoms with van der Waals surface area (Å²) in [5, 5.41) is 14.7. The number of aromatic nitrogens is 1. The molecule has 3 aromatic rings. The van der Waals surface area contributed by atoms with Crippen LogP contribution in [0.2, 0.25) is 0 Å². The van der Waals surface area contributed by atoms with Crippen LogP contribution in [0, 0.1) is 6.92 Å². The van der Waals surface area contributed by atoms with Crippen molar-refractivity contribution >= 4 is 34.0 Å². The van der Waals surface area contributed by atoms with Crippen molar-refractivity contribution in [2.75, 3.05) is 6.61 Å². The average molecular weight is 413 g/mol. The van der Waals surface area contributed by atoms with E-state index in [9.17, 15) is 9.59 Å². The van der Waals surface area contributed by atoms with Crippen molar-refractivity contribution < 1.29 is 19.4 Å². The van der Waals surface area contributed by atoms with Crippen LogP contribution in [-0.2, 0) is 17.8 Å². The fraction of sp³-hybridized carbons (Fsp3) is 0.318. The number of carbonyl (C=O) groups excluding carboxylic acids is 1. The predicted molar refractivity (Wildman–Crippen MR) is 114 cm³/mol. The largest absolute Gasteiger partial charge is 0.493 e. The molecule has 29 heavy (non-hydrogen) atoms. The molecule has 6 nitrogen and oxygen atoms in total. The summed E-state index contributed by atoms with van der Waals surface area (Å²) < 4.78 is 5.95. The standard InChI is InChI=1S/C22H24N2O4S/c1-3-4-11-28-18-10-9-15-7-5-6-8-16(15)17(18)13-23-19(25)12-20-24-14(2)21(29-20)22(26)27/h5-10H,3-4,11-13H2,1-2H3,(H,23,25)(H,26,27). The first-order valence-electron chi connectivity index (χ1n) is 9.59. The molecule has 3 rings (SSSR count). The third-order valence-electron chi connectivity index (χ3n) is 4.56. The van der Waals surface area contributed by atoms with Gasteiger partial charge in [0.15, 0.2) is 0 Å². The molecule has 0 spiro atoms. The number of aryl methyl sites for hydroxylation is 1. The highest BCUT2D eigenvalue weighted by Gasteiger charge is 2.16. The first kappa shape index (κ1) is 20.8. The number of rotatable bonds is 9. The molecule has 0 bridgehead atoms. The van der Waals surface area contributed by atoms with E-state index in [0.29, 0.717) is 23.9 Å². The number of benzene rings is 2. The van der Waals surface area contributed by atoms with Crippen molar-refractivity contribution in [3.05, 3.63) is 57.5 Å². The molecule has 7 heteroatoms. The van der Waals surface area contributed by atoms with Crippen LogP contribution < -0.4 is 10.1 Å². The first-order chi connectivity index (χ1) is 14.0. The fourth-order valence-electron chi connectivity index (χ4n) is 3.07. The number of carboxylic acid groups (broad SMARTS) is 1. The van der Waals surface area contributed by atoms with Gasteiger partial charge in [0.1, 0.15) is 15.6 Å². The van der Waals surface area contributed by atoms with Gasteiger partial charge in [0.2, 0.25) is 5.91 Å². The Balaban J connectivity index is 1.74. The first-order valence-corrected chi connectivity index (χ1v) is 10.4. The van der Waals surface area contributed by atoms with E-state index in [1.54, 1.807) is 6.92 Å². The number of hydrogen-bond acceptors (Lipinski definition) is 5. The van der Waals surface area contributed by atoms with Gasteiger partial charge < -0.3 is 15.2 Å². The van der Waals surface area contributed by atoms with Crippen molar-refractivity contribution in [3.8, 4) is 5.75 Å². The van der Waals surface area contributed by atoms with Gasteiger partial charge in [0.05, 0.1) is 18.7 Å². The Hall–Kier alpha value is -2.93. The zero-order chi connectivity index (χ0) is 20.8. The third kappa shape index (κ3) is 5.12. The molecule has 2 aromatic carbocycles. The summed E-state index contributed by atoms with van der Waals surface area (Å²) in [5.41, 5.74) is 1.38. The summed E-state index contributed by atoms with van der Waals surface area (Å²) >= 11 is 1.04. The molecule has 0 saturated carbocycles. The number of nitrogens with zero attached hydrogens (tertiary/aromatic N) is 1. The number of carboxylic acids is 1. The van der Waals surface area contributed by atoms with E-state index < -0.39 is 5.97 Å². The Kier molecular flexibility index (Phi) is 6.82. The van der Waals surface area contributed by atoms with Crippen molar-refractivity contribution in [1.82, 2.24) is 10.3 Å². The van der Waals surface area contributed by atoms with Gasteiger partial charge in [-0.2, -0.15) is 0 Å². The molecule has 1 aromatic heterocycles. The van der Waals surface area contributed by atoms with E-state index in [0.717, 1.165) is 46.3 Å². The molecular weight excluding hydrogens is 388 g/mol. The molecular formula is C22H24N2O4S. The van der Waals surface area contributed by atoms with Gasteiger partial charge >= 0.3 is 5.97 Å². The summed E-state index contributed by atoms with van der Waals surface area (Å²) in [6.07, 6.45) is 2.06. The number of unbranched alkanes of at least 4 members (excludes halogenated alkanes) is 1. The maximum absolute atomic E-state index is 12.5. The number of nitrogens with one attached hydrogen (secondary N) is 1. The SMILES string of the molecule is CCCCOc1ccc2ccccc2c1CNC(=O)Cc1nc(C)c(C(=O)O)s1. The molecule has 2 N–H and O–H groups in total. The lowest BCUT2D eigenvalue weighted by atomic mass is 10.0. The van der Waals surface area contributed by atoms with E-state index in [2.05, 4.69) is 17.2 Å². The van der Waals surface area contributed by atoms with Gasteiger partial charge in [-0.15, -0.1) is 11.3 Å². The second kappa shape index (κ2) is 9.52. The van der Waals surface area contributed by atoms with Gasteiger partial charge in [0.25, 0.3) is 0 Å². The van der Waals surface area contributed by atoms with E-state index in [1.165, 1.54) is 0 Å². The van der Waals surface area contributed by atoms with Crippen molar-refractivity contribution in [2.24, 2.45) is 0 Å². The molecule has 0 fully saturated rings. The van der Waals surface area contributed by atoms with Crippen LogP contribution in [0.4, 0.5) is 0 Å². The highest BCUT2D eigenvalue weighted by atomic mass is 32.1. The van der Waals surface area contributed by atoms with Gasteiger partial charge in [-0.3, -0.25) is 4.79 Å². The molecule has 0 aliphatic rings. The highest BCUT2D eigenvalue weighted by molar-refractivity contribution is 7.13. The average Bonchev–Trinajstić information content (AvgIpc) is 3.07. The Morgan fingerprint density at radius 2 is 2.00 bits per heavy atom. The van der Waals surface area contributed by atoms with Crippen LogP contribution in [0.1, 0.15) is 45.7 Å². The van der Waals surface area contributed by atoms with Crippen LogP contribution in [0.25, 0.3) is 10.8 Å². The predicted octanol–water partition coefficient (Wildman–Crippen LogP) is 4.34. The Morgan fingerprint density at radius 3 is 2.72 bits per heavy atom. The Labute approximate surface area is 173 Å². The Bertz CT molecular complexity index is 1030. The second-order valence-electron chi connectivity index (χ2n) is 6.75. The molecule has 0 saturated heterocycles. The number of amides is 1. The molecule has 152 valence electrons. The van der Waals surface area contributed by atoms with Crippen molar-refractivity contribution in [2.45, 2.75) is 39.7 Å². The van der Waals surface area contributed by atoms with Gasteiger partial charge in [-0.05, 0) is 30.2 Å². The number of ether oxygens (including phenoxy) is 1. The monoisotopic (exact) mass is 412 g/mol. The van der Waals surface area contributed by atoms with Crippen LogP contribution in [0.3, 0.4) is 0 Å². The van der Waals surface area contributed by atoms with Crippen LogP contribution in [-0.4, -0.2) is 28.6 Å². The third-order valence-corrected chi connectivity index (χ3v) is 5.71. The second-order valence-corrected chi connectivity index (χ2v) is 7.83. The van der Waals surface area contributed by atoms with E-state index in [-0.39, 0.29) is 17.2 Å². The summed E-state index contributed by atoms with van der Waals surface area (Å²) in [7, 11) is 0. The van der Waals surface area contributed by atoms with Crippen molar-refractivity contribution in [1.29, 1.82) is 0 Å². The lowest BCUT2D eigenvalue weighted by molar-refractivity contribution is -0.120. The van der Waals surface area contributed by atoms with Gasteiger partial charge in [0, 0.05) is 12.1 Å². The minimum absolute atomic E-state index is 0.0512. The number of hydrogen-bond donors (Lipinski definition) is 2. The summed E-state index contributed by atoms with van der Waals surface area (Å²) in [4.78, 5) is 28.0. The van der Waals surface area contributed by atoms with Crippen LogP contribution in [0.15, 0.2) is 36.4 Å². The smallest absolute Gasteiger partial charge is 0.347 e. The van der Waals surface area contributed by atoms with Crippen LogP contribution in [0.5, 0.6) is 5.75 Å². The minimum atomic E-state index is -1.02. The summed E-state index contributed by atoms with van der Waals surface area (Å²) in [6.45, 7) is 4.71. The molecule has 0 atom stereocenters. The molecule has 0 radical (unpaired) electrons. The van der Waals surface area contributed by atoms with Crippen LogP contribution >= 0.6 is 11.3 Å². The lowest BCUT2D eigenvalue weighted by Gasteiger charge is -2.15. The topological polar surface area (TPSA) is 88.5 Å². The lowest BCUT2D eigenvalue weighted by Crippen LogP contribution is -2.25. The summed E-state index contributed by atoms with van der Waals surface area (Å²) in [5.74, 6) is -0.449. The fourth-order valence-corrected chi connectivity index (χ4v) is 3.98. The zero-order valence-corrected chi connectivity index (χ0v) is 17.3. The quantitative estimate of drug-likeness (QED) is 0.511. The normalized spacial score (nSPS) is 10.8. The zero-order valence-electron chi connectivity index (χ0n) is 16.5. The van der Waals surface area contributed by atoms with E-state index in [1.807, 2.05) is 36.4 Å². The molecule has 0 aliphatic heterocycles. The van der Waals surface area contributed by atoms with E-state index >= 15 is 0 Å². The molecule has 1 heterocycles. The summed E-state index contributed by atoms with van der Waals surface area (Å²) in [6, 6.07) is 12.0.